The standard InChI is InChI=1S/C28H50.C3H8/c1-8-19(2)9-11-21-12-14-23-25(16-21)28(18-27(23,6)7)17-26(4,5)22-13-10-20(3)15-24(22)28;1-3-2/h19-25H,8-18H2,1-7H3;3H2,1-2H3. The molecule has 0 N–H and O–H groups in total. The van der Waals surface area contributed by atoms with E-state index >= 15 is 0 Å². The van der Waals surface area contributed by atoms with Crippen molar-refractivity contribution in [3.63, 3.8) is 0 Å². The molecule has 4 fully saturated rings. The number of fused-ring (bicyclic) bond motifs is 4. The van der Waals surface area contributed by atoms with Gasteiger partial charge in [-0.1, -0.05) is 101 Å². The summed E-state index contributed by atoms with van der Waals surface area (Å²) < 4.78 is 0. The van der Waals surface area contributed by atoms with Crippen LogP contribution in [0, 0.1) is 57.7 Å². The third-order valence-corrected chi connectivity index (χ3v) is 10.9. The molecule has 4 rings (SSSR count). The van der Waals surface area contributed by atoms with Crippen LogP contribution in [-0.2, 0) is 0 Å². The Kier molecular flexibility index (Phi) is 8.02. The van der Waals surface area contributed by atoms with E-state index in [1.165, 1.54) is 51.4 Å². The summed E-state index contributed by atoms with van der Waals surface area (Å²) in [6, 6.07) is 0. The van der Waals surface area contributed by atoms with Crippen LogP contribution < -0.4 is 0 Å². The normalized spacial score (nSPS) is 43.6. The lowest BCUT2D eigenvalue weighted by molar-refractivity contribution is 0.0208. The smallest absolute Gasteiger partial charge is 0.0225 e. The second-order valence-corrected chi connectivity index (χ2v) is 14.4. The van der Waals surface area contributed by atoms with Gasteiger partial charge in [0, 0.05) is 0 Å². The van der Waals surface area contributed by atoms with Crippen LogP contribution >= 0.6 is 0 Å². The van der Waals surface area contributed by atoms with Crippen LogP contribution in [0.25, 0.3) is 0 Å². The molecule has 4 saturated carbocycles. The van der Waals surface area contributed by atoms with Crippen molar-refractivity contribution < 1.29 is 0 Å². The number of hydrogen-bond donors (Lipinski definition) is 0. The molecule has 0 aromatic rings. The molecular formula is C31H58. The second kappa shape index (κ2) is 9.70. The summed E-state index contributed by atoms with van der Waals surface area (Å²) in [5.74, 6) is 7.04. The molecule has 4 aliphatic carbocycles. The molecule has 0 amide bonds. The first-order chi connectivity index (χ1) is 14.5. The third kappa shape index (κ3) is 4.94. The van der Waals surface area contributed by atoms with Gasteiger partial charge in [-0.05, 0) is 96.2 Å². The summed E-state index contributed by atoms with van der Waals surface area (Å²) in [5.41, 5.74) is 1.85. The summed E-state index contributed by atoms with van der Waals surface area (Å²) in [6.07, 6.45) is 17.9. The van der Waals surface area contributed by atoms with Crippen LogP contribution in [0.5, 0.6) is 0 Å². The minimum atomic E-state index is 0.581. The minimum absolute atomic E-state index is 0.581. The lowest BCUT2D eigenvalue weighted by atomic mass is 9.58. The van der Waals surface area contributed by atoms with Crippen molar-refractivity contribution in [1.29, 1.82) is 0 Å². The van der Waals surface area contributed by atoms with Gasteiger partial charge in [0.1, 0.15) is 0 Å². The lowest BCUT2D eigenvalue weighted by Crippen LogP contribution is -2.39. The first-order valence-corrected chi connectivity index (χ1v) is 14.5. The first-order valence-electron chi connectivity index (χ1n) is 14.5. The third-order valence-electron chi connectivity index (χ3n) is 10.9. The number of hydrogen-bond acceptors (Lipinski definition) is 0. The zero-order valence-corrected chi connectivity index (χ0v) is 23.0. The van der Waals surface area contributed by atoms with Crippen LogP contribution in [-0.4, -0.2) is 0 Å². The molecule has 0 heteroatoms. The van der Waals surface area contributed by atoms with Gasteiger partial charge in [-0.3, -0.25) is 0 Å². The molecule has 0 radical (unpaired) electrons. The van der Waals surface area contributed by atoms with Crippen molar-refractivity contribution >= 4 is 0 Å². The SMILES string of the molecule is CCC.CCC(C)CCC1CCC2C(C1)C1(CC(C)(C)C3CCC(C)CC31)CC2(C)C. The van der Waals surface area contributed by atoms with Gasteiger partial charge in [-0.2, -0.15) is 0 Å². The summed E-state index contributed by atoms with van der Waals surface area (Å²) >= 11 is 0. The molecule has 0 aliphatic heterocycles. The fourth-order valence-electron chi connectivity index (χ4n) is 9.59. The highest BCUT2D eigenvalue weighted by atomic mass is 14.7. The van der Waals surface area contributed by atoms with Crippen LogP contribution in [0.1, 0.15) is 139 Å². The average molecular weight is 431 g/mol. The fourth-order valence-corrected chi connectivity index (χ4v) is 9.59. The molecule has 8 unspecified atom stereocenters. The highest BCUT2D eigenvalue weighted by Gasteiger charge is 2.67. The molecule has 8 atom stereocenters. The van der Waals surface area contributed by atoms with Crippen molar-refractivity contribution in [2.45, 2.75) is 139 Å². The van der Waals surface area contributed by atoms with Crippen LogP contribution in [0.3, 0.4) is 0 Å². The molecule has 0 aromatic heterocycles. The quantitative estimate of drug-likeness (QED) is 0.416. The van der Waals surface area contributed by atoms with Gasteiger partial charge in [-0.25, -0.2) is 0 Å². The van der Waals surface area contributed by atoms with E-state index in [-0.39, 0.29) is 0 Å². The Labute approximate surface area is 197 Å². The van der Waals surface area contributed by atoms with Gasteiger partial charge in [0.2, 0.25) is 0 Å². The van der Waals surface area contributed by atoms with Gasteiger partial charge < -0.3 is 0 Å². The van der Waals surface area contributed by atoms with Crippen molar-refractivity contribution in [3.8, 4) is 0 Å². The topological polar surface area (TPSA) is 0 Å². The predicted octanol–water partition coefficient (Wildman–Crippen LogP) is 10.2. The molecular weight excluding hydrogens is 372 g/mol. The Morgan fingerprint density at radius 2 is 1.26 bits per heavy atom. The van der Waals surface area contributed by atoms with Crippen LogP contribution in [0.15, 0.2) is 0 Å². The van der Waals surface area contributed by atoms with Crippen LogP contribution in [0.4, 0.5) is 0 Å². The molecule has 0 aromatic carbocycles. The van der Waals surface area contributed by atoms with Crippen molar-refractivity contribution in [2.75, 3.05) is 0 Å². The Bertz CT molecular complexity index is 567. The summed E-state index contributed by atoms with van der Waals surface area (Å²) in [4.78, 5) is 0. The predicted molar refractivity (Wildman–Crippen MR) is 138 cm³/mol. The molecule has 31 heavy (non-hydrogen) atoms. The first kappa shape index (κ1) is 25.6. The van der Waals surface area contributed by atoms with E-state index in [1.807, 2.05) is 0 Å². The molecule has 0 bridgehead atoms. The van der Waals surface area contributed by atoms with Gasteiger partial charge in [-0.15, -0.1) is 0 Å². The van der Waals surface area contributed by atoms with E-state index in [2.05, 4.69) is 62.3 Å². The second-order valence-electron chi connectivity index (χ2n) is 14.4. The minimum Gasteiger partial charge on any atom is -0.0656 e. The zero-order valence-electron chi connectivity index (χ0n) is 23.0. The highest BCUT2D eigenvalue weighted by Crippen LogP contribution is 2.75. The average Bonchev–Trinajstić information content (AvgIpc) is 3.06. The fraction of sp³-hybridized carbons (Fsp3) is 1.00. The van der Waals surface area contributed by atoms with E-state index < -0.39 is 0 Å². The molecule has 182 valence electrons. The summed E-state index contributed by atoms with van der Waals surface area (Å²) in [5, 5.41) is 0. The Morgan fingerprint density at radius 3 is 1.81 bits per heavy atom. The van der Waals surface area contributed by atoms with Gasteiger partial charge in [0.25, 0.3) is 0 Å². The van der Waals surface area contributed by atoms with Crippen molar-refractivity contribution in [3.05, 3.63) is 0 Å². The maximum absolute atomic E-state index is 2.66. The Balaban J connectivity index is 0.000000858. The molecule has 0 saturated heterocycles. The van der Waals surface area contributed by atoms with Crippen molar-refractivity contribution in [1.82, 2.24) is 0 Å². The molecule has 0 heterocycles. The molecule has 4 aliphatic rings. The van der Waals surface area contributed by atoms with Crippen molar-refractivity contribution in [2.24, 2.45) is 57.7 Å². The molecule has 0 nitrogen and oxygen atoms in total. The Hall–Kier alpha value is 0. The maximum Gasteiger partial charge on any atom is -0.0225 e. The Morgan fingerprint density at radius 1 is 0.742 bits per heavy atom. The van der Waals surface area contributed by atoms with Gasteiger partial charge >= 0.3 is 0 Å². The lowest BCUT2D eigenvalue weighted by Gasteiger charge is -2.47. The van der Waals surface area contributed by atoms with E-state index in [9.17, 15) is 0 Å². The van der Waals surface area contributed by atoms with Gasteiger partial charge in [0.05, 0.1) is 0 Å². The largest absolute Gasteiger partial charge is 0.0656 e. The zero-order chi connectivity index (χ0) is 23.0. The molecule has 1 spiro atoms. The number of rotatable bonds is 4. The van der Waals surface area contributed by atoms with Crippen LogP contribution in [0.2, 0.25) is 0 Å². The highest BCUT2D eigenvalue weighted by molar-refractivity contribution is 5.16. The maximum atomic E-state index is 2.66. The summed E-state index contributed by atoms with van der Waals surface area (Å²) in [6.45, 7) is 22.3. The monoisotopic (exact) mass is 430 g/mol. The van der Waals surface area contributed by atoms with Gasteiger partial charge in [0.15, 0.2) is 0 Å². The van der Waals surface area contributed by atoms with E-state index in [1.54, 1.807) is 25.7 Å². The van der Waals surface area contributed by atoms with E-state index in [0.29, 0.717) is 16.2 Å². The summed E-state index contributed by atoms with van der Waals surface area (Å²) in [7, 11) is 0. The van der Waals surface area contributed by atoms with E-state index in [0.717, 1.165) is 41.4 Å². The van der Waals surface area contributed by atoms with E-state index in [4.69, 9.17) is 0 Å².